The highest BCUT2D eigenvalue weighted by molar-refractivity contribution is 5.08. The quantitative estimate of drug-likeness (QED) is 0.771. The highest BCUT2D eigenvalue weighted by atomic mass is 16.5. The first-order valence-electron chi connectivity index (χ1n) is 5.44. The maximum Gasteiger partial charge on any atom is 0.0667 e. The van der Waals surface area contributed by atoms with Crippen molar-refractivity contribution >= 4 is 0 Å². The van der Waals surface area contributed by atoms with E-state index in [1.807, 2.05) is 11.6 Å². The van der Waals surface area contributed by atoms with E-state index in [2.05, 4.69) is 30.3 Å². The van der Waals surface area contributed by atoms with E-state index in [0.29, 0.717) is 0 Å². The minimum absolute atomic E-state index is 0.254. The minimum atomic E-state index is 0.254. The SMILES string of the molecule is CCn1nc(C)cc1CNCC(C)OC. The van der Waals surface area contributed by atoms with Gasteiger partial charge in [-0.3, -0.25) is 4.68 Å². The molecule has 4 nitrogen and oxygen atoms in total. The van der Waals surface area contributed by atoms with Gasteiger partial charge in [-0.15, -0.1) is 0 Å². The molecule has 1 atom stereocenters. The first kappa shape index (κ1) is 12.2. The van der Waals surface area contributed by atoms with Gasteiger partial charge >= 0.3 is 0 Å². The van der Waals surface area contributed by atoms with Crippen molar-refractivity contribution in [2.45, 2.75) is 40.0 Å². The highest BCUT2D eigenvalue weighted by Gasteiger charge is 2.04. The summed E-state index contributed by atoms with van der Waals surface area (Å²) in [4.78, 5) is 0. The van der Waals surface area contributed by atoms with Crippen LogP contribution < -0.4 is 5.32 Å². The number of nitrogens with one attached hydrogen (secondary N) is 1. The Balaban J connectivity index is 2.42. The maximum absolute atomic E-state index is 5.16. The average molecular weight is 211 g/mol. The molecule has 4 heteroatoms. The molecule has 0 aliphatic heterocycles. The van der Waals surface area contributed by atoms with Crippen LogP contribution in [0.1, 0.15) is 25.2 Å². The molecule has 0 saturated carbocycles. The number of aryl methyl sites for hydroxylation is 2. The Morgan fingerprint density at radius 3 is 2.93 bits per heavy atom. The Bertz CT molecular complexity index is 296. The summed E-state index contributed by atoms with van der Waals surface area (Å²) in [5.74, 6) is 0. The molecule has 0 saturated heterocycles. The van der Waals surface area contributed by atoms with E-state index < -0.39 is 0 Å². The maximum atomic E-state index is 5.16. The second-order valence-electron chi connectivity index (χ2n) is 3.77. The third kappa shape index (κ3) is 3.64. The summed E-state index contributed by atoms with van der Waals surface area (Å²) in [6.45, 7) is 8.81. The lowest BCUT2D eigenvalue weighted by Crippen LogP contribution is -2.26. The van der Waals surface area contributed by atoms with Crippen LogP contribution in [0.25, 0.3) is 0 Å². The molecular formula is C11H21N3O. The zero-order valence-electron chi connectivity index (χ0n) is 10.1. The number of methoxy groups -OCH3 is 1. The van der Waals surface area contributed by atoms with Crippen molar-refractivity contribution in [3.8, 4) is 0 Å². The van der Waals surface area contributed by atoms with Gasteiger partial charge in [0.1, 0.15) is 0 Å². The first-order valence-corrected chi connectivity index (χ1v) is 5.44. The smallest absolute Gasteiger partial charge is 0.0667 e. The molecule has 1 rings (SSSR count). The molecule has 0 radical (unpaired) electrons. The number of rotatable bonds is 6. The van der Waals surface area contributed by atoms with E-state index >= 15 is 0 Å². The van der Waals surface area contributed by atoms with Gasteiger partial charge < -0.3 is 10.1 Å². The van der Waals surface area contributed by atoms with Gasteiger partial charge in [0.05, 0.1) is 17.5 Å². The predicted octanol–water partition coefficient (Wildman–Crippen LogP) is 1.34. The molecule has 0 aliphatic carbocycles. The Morgan fingerprint density at radius 1 is 1.60 bits per heavy atom. The summed E-state index contributed by atoms with van der Waals surface area (Å²) < 4.78 is 7.19. The Labute approximate surface area is 91.6 Å². The second-order valence-corrected chi connectivity index (χ2v) is 3.77. The Morgan fingerprint density at radius 2 is 2.33 bits per heavy atom. The molecule has 15 heavy (non-hydrogen) atoms. The van der Waals surface area contributed by atoms with E-state index in [4.69, 9.17) is 4.74 Å². The molecule has 0 aliphatic rings. The summed E-state index contributed by atoms with van der Waals surface area (Å²) in [6.07, 6.45) is 0.254. The largest absolute Gasteiger partial charge is 0.380 e. The number of hydrogen-bond acceptors (Lipinski definition) is 3. The monoisotopic (exact) mass is 211 g/mol. The zero-order valence-corrected chi connectivity index (χ0v) is 10.1. The molecule has 1 aromatic heterocycles. The molecule has 0 spiro atoms. The molecule has 1 unspecified atom stereocenters. The fraction of sp³-hybridized carbons (Fsp3) is 0.727. The van der Waals surface area contributed by atoms with Gasteiger partial charge in [0, 0.05) is 26.7 Å². The third-order valence-electron chi connectivity index (χ3n) is 2.43. The van der Waals surface area contributed by atoms with Gasteiger partial charge in [-0.25, -0.2) is 0 Å². The fourth-order valence-electron chi connectivity index (χ4n) is 1.50. The number of aromatic nitrogens is 2. The van der Waals surface area contributed by atoms with Crippen molar-refractivity contribution < 1.29 is 4.74 Å². The fourth-order valence-corrected chi connectivity index (χ4v) is 1.50. The molecule has 0 aromatic carbocycles. The van der Waals surface area contributed by atoms with E-state index in [9.17, 15) is 0 Å². The van der Waals surface area contributed by atoms with Crippen molar-refractivity contribution in [2.24, 2.45) is 0 Å². The zero-order chi connectivity index (χ0) is 11.3. The molecule has 1 aromatic rings. The van der Waals surface area contributed by atoms with E-state index in [1.54, 1.807) is 7.11 Å². The number of ether oxygens (including phenoxy) is 1. The van der Waals surface area contributed by atoms with E-state index in [-0.39, 0.29) is 6.10 Å². The lowest BCUT2D eigenvalue weighted by molar-refractivity contribution is 0.117. The number of hydrogen-bond donors (Lipinski definition) is 1. The van der Waals surface area contributed by atoms with Crippen molar-refractivity contribution in [3.63, 3.8) is 0 Å². The lowest BCUT2D eigenvalue weighted by Gasteiger charge is -2.11. The average Bonchev–Trinajstić information content (AvgIpc) is 2.58. The van der Waals surface area contributed by atoms with Crippen LogP contribution in [0, 0.1) is 6.92 Å². The molecular weight excluding hydrogens is 190 g/mol. The molecule has 0 amide bonds. The molecule has 1 heterocycles. The highest BCUT2D eigenvalue weighted by Crippen LogP contribution is 2.03. The summed E-state index contributed by atoms with van der Waals surface area (Å²) in [7, 11) is 1.73. The van der Waals surface area contributed by atoms with Crippen molar-refractivity contribution in [3.05, 3.63) is 17.5 Å². The Kier molecular flexibility index (Phi) is 4.78. The summed E-state index contributed by atoms with van der Waals surface area (Å²) in [5.41, 5.74) is 2.31. The second kappa shape index (κ2) is 5.88. The van der Waals surface area contributed by atoms with Crippen molar-refractivity contribution in [1.29, 1.82) is 0 Å². The van der Waals surface area contributed by atoms with Gasteiger partial charge in [-0.05, 0) is 26.8 Å². The first-order chi connectivity index (χ1) is 7.17. The summed E-state index contributed by atoms with van der Waals surface area (Å²) in [6, 6.07) is 2.12. The molecule has 1 N–H and O–H groups in total. The third-order valence-corrected chi connectivity index (χ3v) is 2.43. The summed E-state index contributed by atoms with van der Waals surface area (Å²) >= 11 is 0. The van der Waals surface area contributed by atoms with Crippen LogP contribution in [0.2, 0.25) is 0 Å². The lowest BCUT2D eigenvalue weighted by atomic mass is 10.3. The van der Waals surface area contributed by atoms with Gasteiger partial charge in [-0.2, -0.15) is 5.10 Å². The van der Waals surface area contributed by atoms with Crippen LogP contribution in [-0.2, 0) is 17.8 Å². The molecule has 86 valence electrons. The van der Waals surface area contributed by atoms with Crippen LogP contribution in [0.4, 0.5) is 0 Å². The number of nitrogens with zero attached hydrogens (tertiary/aromatic N) is 2. The predicted molar refractivity (Wildman–Crippen MR) is 60.8 cm³/mol. The summed E-state index contributed by atoms with van der Waals surface area (Å²) in [5, 5.41) is 7.75. The Hall–Kier alpha value is -0.870. The van der Waals surface area contributed by atoms with E-state index in [1.165, 1.54) is 5.69 Å². The van der Waals surface area contributed by atoms with Crippen LogP contribution in [-0.4, -0.2) is 29.5 Å². The van der Waals surface area contributed by atoms with Crippen molar-refractivity contribution in [2.75, 3.05) is 13.7 Å². The van der Waals surface area contributed by atoms with Crippen LogP contribution in [0.15, 0.2) is 6.07 Å². The van der Waals surface area contributed by atoms with Gasteiger partial charge in [0.15, 0.2) is 0 Å². The van der Waals surface area contributed by atoms with Crippen molar-refractivity contribution in [1.82, 2.24) is 15.1 Å². The van der Waals surface area contributed by atoms with Crippen LogP contribution >= 0.6 is 0 Å². The van der Waals surface area contributed by atoms with Crippen LogP contribution in [0.3, 0.4) is 0 Å². The molecule has 0 bridgehead atoms. The normalized spacial score (nSPS) is 13.1. The standard InChI is InChI=1S/C11H21N3O/c1-5-14-11(6-9(2)13-14)8-12-7-10(3)15-4/h6,10,12H,5,7-8H2,1-4H3. The van der Waals surface area contributed by atoms with E-state index in [0.717, 1.165) is 25.3 Å². The molecule has 0 fully saturated rings. The topological polar surface area (TPSA) is 39.1 Å². The van der Waals surface area contributed by atoms with Gasteiger partial charge in [-0.1, -0.05) is 0 Å². The minimum Gasteiger partial charge on any atom is -0.380 e. The van der Waals surface area contributed by atoms with Gasteiger partial charge in [0.25, 0.3) is 0 Å². The van der Waals surface area contributed by atoms with Crippen LogP contribution in [0.5, 0.6) is 0 Å². The van der Waals surface area contributed by atoms with Gasteiger partial charge in [0.2, 0.25) is 0 Å².